The van der Waals surface area contributed by atoms with E-state index in [0.29, 0.717) is 18.4 Å². The first-order valence-electron chi connectivity index (χ1n) is 9.02. The van der Waals surface area contributed by atoms with Gasteiger partial charge in [-0.15, -0.1) is 0 Å². The van der Waals surface area contributed by atoms with Crippen LogP contribution in [0.1, 0.15) is 57.1 Å². The summed E-state index contributed by atoms with van der Waals surface area (Å²) in [6.07, 6.45) is 3.36. The highest BCUT2D eigenvalue weighted by Crippen LogP contribution is 2.50. The van der Waals surface area contributed by atoms with Gasteiger partial charge in [0, 0.05) is 6.54 Å². The van der Waals surface area contributed by atoms with E-state index in [1.54, 1.807) is 0 Å². The van der Waals surface area contributed by atoms with Crippen LogP contribution >= 0.6 is 0 Å². The lowest BCUT2D eigenvalue weighted by atomic mass is 10.0. The molecule has 1 aromatic rings. The molecule has 1 N–H and O–H groups in total. The van der Waals surface area contributed by atoms with Crippen molar-refractivity contribution in [3.8, 4) is 5.75 Å². The fourth-order valence-corrected chi connectivity index (χ4v) is 2.96. The van der Waals surface area contributed by atoms with E-state index in [9.17, 15) is 4.79 Å². The Morgan fingerprint density at radius 2 is 2.04 bits per heavy atom. The SMILES string of the molecule is Cc1ccc(OCC2CC2)c([C@H]2C[C@@H]2CNC(=O)OC(C)(C)C)c1. The number of amides is 1. The average Bonchev–Trinajstić information content (AvgIpc) is 3.36. The maximum absolute atomic E-state index is 11.8. The zero-order valence-electron chi connectivity index (χ0n) is 15.2. The molecule has 2 aliphatic carbocycles. The predicted molar refractivity (Wildman–Crippen MR) is 94.5 cm³/mol. The number of ether oxygens (including phenoxy) is 2. The van der Waals surface area contributed by atoms with Crippen molar-refractivity contribution in [1.29, 1.82) is 0 Å². The molecule has 2 aliphatic rings. The molecule has 0 aliphatic heterocycles. The summed E-state index contributed by atoms with van der Waals surface area (Å²) in [5, 5.41) is 2.89. The van der Waals surface area contributed by atoms with Crippen LogP contribution in [0.4, 0.5) is 4.79 Å². The summed E-state index contributed by atoms with van der Waals surface area (Å²) in [6.45, 7) is 9.25. The van der Waals surface area contributed by atoms with E-state index in [2.05, 4.69) is 30.4 Å². The Hall–Kier alpha value is -1.71. The molecule has 1 amide bonds. The van der Waals surface area contributed by atoms with Crippen LogP contribution in [0.15, 0.2) is 18.2 Å². The van der Waals surface area contributed by atoms with Gasteiger partial charge in [0.05, 0.1) is 6.61 Å². The van der Waals surface area contributed by atoms with Crippen LogP contribution in [0.25, 0.3) is 0 Å². The number of nitrogens with one attached hydrogen (secondary N) is 1. The summed E-state index contributed by atoms with van der Waals surface area (Å²) < 4.78 is 11.3. The highest BCUT2D eigenvalue weighted by atomic mass is 16.6. The standard InChI is InChI=1S/C20H29NO3/c1-13-5-8-18(23-12-14-6-7-14)17(9-13)16-10-15(16)11-21-19(22)24-20(2,3)4/h5,8-9,14-16H,6-7,10-12H2,1-4H3,(H,21,22)/t15-,16+/m1/s1. The Balaban J connectivity index is 1.54. The Kier molecular flexibility index (Phi) is 4.75. The topological polar surface area (TPSA) is 47.6 Å². The lowest BCUT2D eigenvalue weighted by Gasteiger charge is -2.19. The molecule has 0 aromatic heterocycles. The van der Waals surface area contributed by atoms with E-state index in [1.165, 1.54) is 24.0 Å². The van der Waals surface area contributed by atoms with Crippen molar-refractivity contribution in [3.05, 3.63) is 29.3 Å². The molecule has 2 fully saturated rings. The Bertz CT molecular complexity index is 601. The second-order valence-corrected chi connectivity index (χ2v) is 8.28. The Labute approximate surface area is 144 Å². The third-order valence-corrected chi connectivity index (χ3v) is 4.57. The molecule has 4 heteroatoms. The van der Waals surface area contributed by atoms with Crippen LogP contribution in [0.3, 0.4) is 0 Å². The zero-order chi connectivity index (χ0) is 17.3. The molecule has 4 nitrogen and oxygen atoms in total. The minimum Gasteiger partial charge on any atom is -0.493 e. The number of benzene rings is 1. The van der Waals surface area contributed by atoms with Gasteiger partial charge in [-0.2, -0.15) is 0 Å². The van der Waals surface area contributed by atoms with Crippen molar-refractivity contribution < 1.29 is 14.3 Å². The average molecular weight is 331 g/mol. The maximum atomic E-state index is 11.8. The van der Waals surface area contributed by atoms with E-state index in [-0.39, 0.29) is 6.09 Å². The van der Waals surface area contributed by atoms with Crippen molar-refractivity contribution >= 4 is 6.09 Å². The molecule has 2 saturated carbocycles. The molecule has 0 saturated heterocycles. The summed E-state index contributed by atoms with van der Waals surface area (Å²) in [5.74, 6) is 2.73. The molecular formula is C20H29NO3. The minimum atomic E-state index is -0.451. The highest BCUT2D eigenvalue weighted by molar-refractivity contribution is 5.67. The summed E-state index contributed by atoms with van der Waals surface area (Å²) >= 11 is 0. The molecule has 2 atom stereocenters. The molecule has 132 valence electrons. The van der Waals surface area contributed by atoms with Gasteiger partial charge in [0.25, 0.3) is 0 Å². The first kappa shape index (κ1) is 17.1. The lowest BCUT2D eigenvalue weighted by molar-refractivity contribution is 0.0525. The number of carbonyl (C=O) groups is 1. The fourth-order valence-electron chi connectivity index (χ4n) is 2.96. The molecule has 3 rings (SSSR count). The van der Waals surface area contributed by atoms with E-state index >= 15 is 0 Å². The van der Waals surface area contributed by atoms with E-state index in [1.807, 2.05) is 20.8 Å². The first-order chi connectivity index (χ1) is 11.3. The van der Waals surface area contributed by atoms with Gasteiger partial charge in [-0.05, 0) is 76.3 Å². The minimum absolute atomic E-state index is 0.331. The third-order valence-electron chi connectivity index (χ3n) is 4.57. The summed E-state index contributed by atoms with van der Waals surface area (Å²) in [6, 6.07) is 6.45. The smallest absolute Gasteiger partial charge is 0.407 e. The molecule has 0 bridgehead atoms. The van der Waals surface area contributed by atoms with Crippen molar-refractivity contribution in [2.75, 3.05) is 13.2 Å². The van der Waals surface area contributed by atoms with E-state index in [4.69, 9.17) is 9.47 Å². The van der Waals surface area contributed by atoms with Gasteiger partial charge in [0.15, 0.2) is 0 Å². The van der Waals surface area contributed by atoms with Crippen LogP contribution in [-0.2, 0) is 4.74 Å². The van der Waals surface area contributed by atoms with Crippen molar-refractivity contribution in [2.45, 2.75) is 58.5 Å². The van der Waals surface area contributed by atoms with Crippen LogP contribution in [0, 0.1) is 18.8 Å². The van der Waals surface area contributed by atoms with Gasteiger partial charge in [-0.3, -0.25) is 0 Å². The predicted octanol–water partition coefficient (Wildman–Crippen LogP) is 4.41. The van der Waals surface area contributed by atoms with Crippen LogP contribution < -0.4 is 10.1 Å². The van der Waals surface area contributed by atoms with Crippen molar-refractivity contribution in [1.82, 2.24) is 5.32 Å². The van der Waals surface area contributed by atoms with Crippen LogP contribution in [0.2, 0.25) is 0 Å². The van der Waals surface area contributed by atoms with Crippen molar-refractivity contribution in [3.63, 3.8) is 0 Å². The molecule has 1 aromatic carbocycles. The second-order valence-electron chi connectivity index (χ2n) is 8.28. The lowest BCUT2D eigenvalue weighted by Crippen LogP contribution is -2.33. The van der Waals surface area contributed by atoms with Crippen molar-refractivity contribution in [2.24, 2.45) is 11.8 Å². The number of alkyl carbamates (subject to hydrolysis) is 1. The molecule has 0 spiro atoms. The number of hydrogen-bond acceptors (Lipinski definition) is 3. The quantitative estimate of drug-likeness (QED) is 0.840. The van der Waals surface area contributed by atoms with E-state index in [0.717, 1.165) is 24.7 Å². The number of aryl methyl sites for hydroxylation is 1. The summed E-state index contributed by atoms with van der Waals surface area (Å²) in [4.78, 5) is 11.8. The number of rotatable bonds is 6. The van der Waals surface area contributed by atoms with E-state index < -0.39 is 5.60 Å². The zero-order valence-corrected chi connectivity index (χ0v) is 15.2. The summed E-state index contributed by atoms with van der Waals surface area (Å²) in [5.41, 5.74) is 2.11. The highest BCUT2D eigenvalue weighted by Gasteiger charge is 2.40. The van der Waals surface area contributed by atoms with Gasteiger partial charge in [-0.25, -0.2) is 4.79 Å². The van der Waals surface area contributed by atoms with Gasteiger partial charge in [0.1, 0.15) is 11.4 Å². The monoisotopic (exact) mass is 331 g/mol. The maximum Gasteiger partial charge on any atom is 0.407 e. The molecular weight excluding hydrogens is 302 g/mol. The third kappa shape index (κ3) is 4.89. The molecule has 24 heavy (non-hydrogen) atoms. The van der Waals surface area contributed by atoms with Gasteiger partial charge in [-0.1, -0.05) is 17.7 Å². The largest absolute Gasteiger partial charge is 0.493 e. The van der Waals surface area contributed by atoms with Crippen LogP contribution in [-0.4, -0.2) is 24.8 Å². The van der Waals surface area contributed by atoms with Gasteiger partial charge >= 0.3 is 6.09 Å². The normalized spacial score (nSPS) is 22.8. The second kappa shape index (κ2) is 6.66. The summed E-state index contributed by atoms with van der Waals surface area (Å²) in [7, 11) is 0. The molecule has 0 radical (unpaired) electrons. The van der Waals surface area contributed by atoms with Crippen LogP contribution in [0.5, 0.6) is 5.75 Å². The Morgan fingerprint density at radius 1 is 1.29 bits per heavy atom. The first-order valence-corrected chi connectivity index (χ1v) is 9.02. The molecule has 0 heterocycles. The number of carbonyl (C=O) groups excluding carboxylic acids is 1. The molecule has 0 unspecified atom stereocenters. The Morgan fingerprint density at radius 3 is 2.71 bits per heavy atom. The van der Waals surface area contributed by atoms with Gasteiger partial charge in [0.2, 0.25) is 0 Å². The van der Waals surface area contributed by atoms with Gasteiger partial charge < -0.3 is 14.8 Å². The fraction of sp³-hybridized carbons (Fsp3) is 0.650. The number of hydrogen-bond donors (Lipinski definition) is 1.